The molecule has 0 aliphatic heterocycles. The van der Waals surface area contributed by atoms with E-state index in [2.05, 4.69) is 126 Å². The zero-order valence-electron chi connectivity index (χ0n) is 33.7. The Hall–Kier alpha value is -6.22. The summed E-state index contributed by atoms with van der Waals surface area (Å²) in [6.07, 6.45) is 0. The maximum atomic E-state index is 9.08. The number of thiophene rings is 1. The van der Waals surface area contributed by atoms with Crippen LogP contribution >= 0.6 is 11.3 Å². The molecule has 0 saturated carbocycles. The number of nitrogens with zero attached hydrogens (tertiary/aromatic N) is 1. The van der Waals surface area contributed by atoms with Gasteiger partial charge in [0.2, 0.25) is 0 Å². The normalized spacial score (nSPS) is 13.6. The molecule has 0 aliphatic rings. The molecule has 50 heavy (non-hydrogen) atoms. The molecule has 10 aromatic rings. The fourth-order valence-corrected chi connectivity index (χ4v) is 8.32. The molecule has 234 valence electrons. The molecular formula is C48H31NS. The summed E-state index contributed by atoms with van der Waals surface area (Å²) in [7, 11) is 0. The Kier molecular flexibility index (Phi) is 5.26. The molecule has 1 aromatic heterocycles. The first-order valence-corrected chi connectivity index (χ1v) is 17.3. The molecule has 0 fully saturated rings. The van der Waals surface area contributed by atoms with Gasteiger partial charge in [0.1, 0.15) is 0 Å². The van der Waals surface area contributed by atoms with Gasteiger partial charge in [-0.3, -0.25) is 0 Å². The lowest BCUT2D eigenvalue weighted by molar-refractivity contribution is 1.32. The van der Waals surface area contributed by atoms with Crippen LogP contribution in [0.2, 0.25) is 0 Å². The lowest BCUT2D eigenvalue weighted by atomic mass is 9.97. The maximum absolute atomic E-state index is 9.08. The summed E-state index contributed by atoms with van der Waals surface area (Å²) < 4.78 is 62.4. The Morgan fingerprint density at radius 1 is 0.420 bits per heavy atom. The Morgan fingerprint density at radius 2 is 1.10 bits per heavy atom. The number of benzene rings is 9. The molecule has 0 spiro atoms. The largest absolute Gasteiger partial charge is 0.308 e. The maximum Gasteiger partial charge on any atom is 0.0640 e. The van der Waals surface area contributed by atoms with Gasteiger partial charge < -0.3 is 4.90 Å². The van der Waals surface area contributed by atoms with Crippen molar-refractivity contribution in [3.63, 3.8) is 0 Å². The van der Waals surface area contributed by atoms with E-state index in [1.165, 1.54) is 30.9 Å². The highest BCUT2D eigenvalue weighted by Gasteiger charge is 2.21. The predicted octanol–water partition coefficient (Wildman–Crippen LogP) is 14.3. The molecule has 10 rings (SSSR count). The van der Waals surface area contributed by atoms with Crippen LogP contribution in [0.15, 0.2) is 188 Å². The average molecular weight is 661 g/mol. The van der Waals surface area contributed by atoms with Crippen LogP contribution in [-0.4, -0.2) is 0 Å². The molecular weight excluding hydrogens is 623 g/mol. The summed E-state index contributed by atoms with van der Waals surface area (Å²) in [5, 5.41) is 6.93. The summed E-state index contributed by atoms with van der Waals surface area (Å²) >= 11 is 1.79. The Bertz CT molecular complexity index is 3280. The van der Waals surface area contributed by atoms with Gasteiger partial charge in [-0.2, -0.15) is 0 Å². The van der Waals surface area contributed by atoms with E-state index in [1.54, 1.807) is 17.4 Å². The van der Waals surface area contributed by atoms with Gasteiger partial charge in [0.15, 0.2) is 0 Å². The van der Waals surface area contributed by atoms with Crippen LogP contribution < -0.4 is 4.90 Å². The molecule has 1 heterocycles. The van der Waals surface area contributed by atoms with Gasteiger partial charge in [-0.25, -0.2) is 0 Å². The Morgan fingerprint density at radius 3 is 1.96 bits per heavy atom. The van der Waals surface area contributed by atoms with Crippen LogP contribution in [0.3, 0.4) is 0 Å². The molecule has 0 saturated heterocycles. The van der Waals surface area contributed by atoms with E-state index < -0.39 is 18.1 Å². The van der Waals surface area contributed by atoms with Crippen molar-refractivity contribution in [3.8, 4) is 22.3 Å². The minimum Gasteiger partial charge on any atom is -0.308 e. The third-order valence-corrected chi connectivity index (χ3v) is 10.7. The van der Waals surface area contributed by atoms with Crippen molar-refractivity contribution in [2.24, 2.45) is 0 Å². The third-order valence-electron chi connectivity index (χ3n) is 9.47. The van der Waals surface area contributed by atoms with Gasteiger partial charge in [-0.05, 0) is 91.6 Å². The SMILES string of the molecule is [2H]c1c([2H])c([2H])c2c([2H])c(-c3cccc(-c4ccc(N(c5cc6ccccc6c6ccccc56)c5cccc6c5sc5ccccc56)cc4)c3)c([2H])c([2H])c2c1[2H]. The first kappa shape index (κ1) is 22.4. The van der Waals surface area contributed by atoms with Gasteiger partial charge in [-0.15, -0.1) is 11.3 Å². The summed E-state index contributed by atoms with van der Waals surface area (Å²) in [6.45, 7) is 0. The van der Waals surface area contributed by atoms with Gasteiger partial charge in [-0.1, -0.05) is 145 Å². The van der Waals surface area contributed by atoms with Gasteiger partial charge in [0.25, 0.3) is 0 Å². The lowest BCUT2D eigenvalue weighted by Gasteiger charge is -2.28. The molecule has 0 bridgehead atoms. The van der Waals surface area contributed by atoms with Crippen LogP contribution in [0.1, 0.15) is 9.60 Å². The van der Waals surface area contributed by atoms with E-state index in [4.69, 9.17) is 9.60 Å². The van der Waals surface area contributed by atoms with Crippen molar-refractivity contribution >= 4 is 80.9 Å². The van der Waals surface area contributed by atoms with Gasteiger partial charge >= 0.3 is 0 Å². The molecule has 0 unspecified atom stereocenters. The highest BCUT2D eigenvalue weighted by atomic mass is 32.1. The third kappa shape index (κ3) is 4.76. The van der Waals surface area contributed by atoms with Crippen LogP contribution in [0.25, 0.3) is 74.7 Å². The highest BCUT2D eigenvalue weighted by molar-refractivity contribution is 7.26. The smallest absolute Gasteiger partial charge is 0.0640 e. The van der Waals surface area contributed by atoms with E-state index >= 15 is 0 Å². The second-order valence-corrected chi connectivity index (χ2v) is 13.4. The molecule has 0 atom stereocenters. The first-order valence-electron chi connectivity index (χ1n) is 20.0. The summed E-state index contributed by atoms with van der Waals surface area (Å²) in [5.41, 5.74) is 5.55. The number of hydrogen-bond acceptors (Lipinski definition) is 2. The second-order valence-electron chi connectivity index (χ2n) is 12.4. The van der Waals surface area contributed by atoms with E-state index in [1.807, 2.05) is 18.2 Å². The zero-order chi connectivity index (χ0) is 39.1. The standard InChI is InChI=1S/C48H31NS/c1-2-12-34-30-37(24-23-32(34)11-1)36-15-9-14-35(29-36)33-25-27-39(28-26-33)49(45-21-10-20-44-43-19-7-8-22-47(43)50-48(44)45)46-31-38-13-3-4-16-40(38)41-17-5-6-18-42(41)46/h1-31H/i1D,2D,11D,12D,23D,24D,30D. The van der Waals surface area contributed by atoms with Crippen molar-refractivity contribution in [1.82, 2.24) is 0 Å². The van der Waals surface area contributed by atoms with Crippen molar-refractivity contribution < 1.29 is 9.60 Å². The van der Waals surface area contributed by atoms with E-state index in [-0.39, 0.29) is 40.5 Å². The molecule has 0 amide bonds. The van der Waals surface area contributed by atoms with E-state index in [9.17, 15) is 0 Å². The molecule has 0 N–H and O–H groups in total. The molecule has 0 aliphatic carbocycles. The first-order chi connectivity index (χ1) is 27.7. The Balaban J connectivity index is 1.14. The van der Waals surface area contributed by atoms with E-state index in [0.717, 1.165) is 39.0 Å². The molecule has 0 radical (unpaired) electrons. The van der Waals surface area contributed by atoms with Crippen molar-refractivity contribution in [1.29, 1.82) is 0 Å². The van der Waals surface area contributed by atoms with Gasteiger partial charge in [0, 0.05) is 26.5 Å². The molecule has 1 nitrogen and oxygen atoms in total. The zero-order valence-corrected chi connectivity index (χ0v) is 27.5. The average Bonchev–Trinajstić information content (AvgIpc) is 3.63. The quantitative estimate of drug-likeness (QED) is 0.166. The summed E-state index contributed by atoms with van der Waals surface area (Å²) in [6, 6.07) is 47.8. The highest BCUT2D eigenvalue weighted by Crippen LogP contribution is 2.47. The molecule has 2 heteroatoms. The van der Waals surface area contributed by atoms with Crippen LogP contribution in [0, 0.1) is 0 Å². The number of fused-ring (bicyclic) bond motifs is 7. The lowest BCUT2D eigenvalue weighted by Crippen LogP contribution is -2.10. The Labute approximate surface area is 304 Å². The van der Waals surface area contributed by atoms with Crippen LogP contribution in [0.5, 0.6) is 0 Å². The fraction of sp³-hybridized carbons (Fsp3) is 0. The topological polar surface area (TPSA) is 3.24 Å². The number of rotatable bonds is 5. The van der Waals surface area contributed by atoms with Crippen molar-refractivity contribution in [3.05, 3.63) is 188 Å². The van der Waals surface area contributed by atoms with E-state index in [0.29, 0.717) is 5.56 Å². The monoisotopic (exact) mass is 660 g/mol. The minimum atomic E-state index is -0.481. The van der Waals surface area contributed by atoms with Crippen molar-refractivity contribution in [2.45, 2.75) is 0 Å². The predicted molar refractivity (Wildman–Crippen MR) is 217 cm³/mol. The number of hydrogen-bond donors (Lipinski definition) is 0. The molecule has 9 aromatic carbocycles. The summed E-state index contributed by atoms with van der Waals surface area (Å²) in [4.78, 5) is 2.36. The summed E-state index contributed by atoms with van der Waals surface area (Å²) in [5.74, 6) is 0. The van der Waals surface area contributed by atoms with Crippen LogP contribution in [-0.2, 0) is 0 Å². The fourth-order valence-electron chi connectivity index (χ4n) is 7.12. The van der Waals surface area contributed by atoms with Crippen LogP contribution in [0.4, 0.5) is 17.1 Å². The second kappa shape index (κ2) is 11.7. The van der Waals surface area contributed by atoms with Crippen molar-refractivity contribution in [2.75, 3.05) is 4.90 Å². The van der Waals surface area contributed by atoms with Gasteiger partial charge in [0.05, 0.1) is 25.7 Å². The minimum absolute atomic E-state index is 0.0540. The number of anilines is 3.